The van der Waals surface area contributed by atoms with Crippen LogP contribution in [0.3, 0.4) is 0 Å². The highest BCUT2D eigenvalue weighted by molar-refractivity contribution is 7.99. The van der Waals surface area contributed by atoms with Gasteiger partial charge in [-0.3, -0.25) is 10.1 Å². The predicted molar refractivity (Wildman–Crippen MR) is 107 cm³/mol. The summed E-state index contributed by atoms with van der Waals surface area (Å²) < 4.78 is 19.2. The molecule has 1 amide bonds. The van der Waals surface area contributed by atoms with Crippen LogP contribution < -0.4 is 10.6 Å². The fourth-order valence-electron chi connectivity index (χ4n) is 3.35. The molecule has 5 nitrogen and oxygen atoms in total. The molecule has 0 bridgehead atoms. The zero-order valence-electron chi connectivity index (χ0n) is 15.3. The molecule has 0 saturated carbocycles. The van der Waals surface area contributed by atoms with Crippen LogP contribution in [0.4, 0.5) is 10.2 Å². The Kier molecular flexibility index (Phi) is 5.45. The molecule has 2 heterocycles. The van der Waals surface area contributed by atoms with Gasteiger partial charge in [-0.05, 0) is 36.3 Å². The van der Waals surface area contributed by atoms with Crippen molar-refractivity contribution in [2.24, 2.45) is 0 Å². The fraction of sp³-hybridized carbons (Fsp3) is 0.238. The average Bonchev–Trinajstić information content (AvgIpc) is 3.12. The van der Waals surface area contributed by atoms with Crippen molar-refractivity contribution in [2.75, 3.05) is 11.1 Å². The number of aryl methyl sites for hydroxylation is 1. The Morgan fingerprint density at radius 2 is 2.07 bits per heavy atom. The molecule has 0 fully saturated rings. The summed E-state index contributed by atoms with van der Waals surface area (Å²) >= 11 is 1.52. The summed E-state index contributed by atoms with van der Waals surface area (Å²) in [7, 11) is 0. The number of amides is 1. The molecule has 0 aliphatic carbocycles. The van der Waals surface area contributed by atoms with Gasteiger partial charge in [0.15, 0.2) is 5.82 Å². The number of benzene rings is 2. The Morgan fingerprint density at radius 3 is 2.82 bits per heavy atom. The number of carbonyl (C=O) groups is 1. The minimum Gasteiger partial charge on any atom is -0.360 e. The van der Waals surface area contributed by atoms with Crippen molar-refractivity contribution in [3.63, 3.8) is 0 Å². The summed E-state index contributed by atoms with van der Waals surface area (Å²) in [6, 6.07) is 15.5. The number of hydrogen-bond acceptors (Lipinski definition) is 5. The van der Waals surface area contributed by atoms with Crippen LogP contribution in [0.15, 0.2) is 64.0 Å². The number of anilines is 1. The number of fused-ring (bicyclic) bond motifs is 1. The second kappa shape index (κ2) is 8.16. The van der Waals surface area contributed by atoms with Crippen molar-refractivity contribution < 1.29 is 13.7 Å². The third-order valence-electron chi connectivity index (χ3n) is 4.67. The van der Waals surface area contributed by atoms with Gasteiger partial charge in [-0.2, -0.15) is 0 Å². The second-order valence-electron chi connectivity index (χ2n) is 6.67. The quantitative estimate of drug-likeness (QED) is 0.657. The Hall–Kier alpha value is -2.64. The number of nitrogens with one attached hydrogen (secondary N) is 2. The lowest BCUT2D eigenvalue weighted by molar-refractivity contribution is -0.118. The lowest BCUT2D eigenvalue weighted by atomic mass is 9.99. The summed E-state index contributed by atoms with van der Waals surface area (Å²) in [5, 5.41) is 10.1. The van der Waals surface area contributed by atoms with E-state index in [1.165, 1.54) is 17.8 Å². The maximum Gasteiger partial charge on any atom is 0.247 e. The van der Waals surface area contributed by atoms with Crippen LogP contribution >= 0.6 is 11.8 Å². The van der Waals surface area contributed by atoms with Crippen LogP contribution in [0.1, 0.15) is 35.4 Å². The van der Waals surface area contributed by atoms with Gasteiger partial charge in [-0.25, -0.2) is 4.39 Å². The number of aromatic nitrogens is 1. The highest BCUT2D eigenvalue weighted by Gasteiger charge is 2.29. The van der Waals surface area contributed by atoms with E-state index in [0.717, 1.165) is 23.3 Å². The summed E-state index contributed by atoms with van der Waals surface area (Å²) in [5.41, 5.74) is 1.72. The van der Waals surface area contributed by atoms with Crippen molar-refractivity contribution in [1.29, 1.82) is 0 Å². The lowest BCUT2D eigenvalue weighted by Crippen LogP contribution is -2.36. The van der Waals surface area contributed by atoms with Crippen LogP contribution in [0.5, 0.6) is 0 Å². The maximum atomic E-state index is 14.2. The molecule has 7 heteroatoms. The molecule has 2 aromatic carbocycles. The molecule has 1 aromatic heterocycles. The molecular weight excluding hydrogens is 377 g/mol. The molecule has 3 aromatic rings. The van der Waals surface area contributed by atoms with Crippen molar-refractivity contribution in [2.45, 2.75) is 30.3 Å². The first-order valence-corrected chi connectivity index (χ1v) is 10.1. The van der Waals surface area contributed by atoms with E-state index in [-0.39, 0.29) is 17.8 Å². The minimum absolute atomic E-state index is 0.123. The predicted octanol–water partition coefficient (Wildman–Crippen LogP) is 4.63. The number of rotatable bonds is 5. The summed E-state index contributed by atoms with van der Waals surface area (Å²) in [6.07, 6.45) is 0.806. The van der Waals surface area contributed by atoms with Crippen molar-refractivity contribution >= 4 is 23.5 Å². The summed E-state index contributed by atoms with van der Waals surface area (Å²) in [5.74, 6) is 1.32. The maximum absolute atomic E-state index is 14.2. The highest BCUT2D eigenvalue weighted by Crippen LogP contribution is 2.39. The van der Waals surface area contributed by atoms with E-state index in [0.29, 0.717) is 16.5 Å². The summed E-state index contributed by atoms with van der Waals surface area (Å²) in [4.78, 5) is 13.7. The van der Waals surface area contributed by atoms with Gasteiger partial charge in [0.25, 0.3) is 0 Å². The number of carbonyl (C=O) groups excluding carboxylic acids is 1. The number of thioether (sulfide) groups is 1. The highest BCUT2D eigenvalue weighted by atomic mass is 32.2. The van der Waals surface area contributed by atoms with Crippen LogP contribution in [0, 0.1) is 12.7 Å². The SMILES string of the molecule is Cc1cc(NC(=O)C(NC2CCSc3c(F)cccc32)c2ccccc2)no1. The van der Waals surface area contributed by atoms with E-state index in [1.54, 1.807) is 19.1 Å². The average molecular weight is 397 g/mol. The standard InChI is InChI=1S/C21H20FN3O2S/c1-13-12-18(25-27-13)24-21(26)19(14-6-3-2-4-7-14)23-17-10-11-28-20-15(17)8-5-9-16(20)22/h2-9,12,17,19,23H,10-11H2,1H3,(H,24,25,26). The zero-order chi connectivity index (χ0) is 19.5. The third-order valence-corrected chi connectivity index (χ3v) is 5.83. The zero-order valence-corrected chi connectivity index (χ0v) is 16.1. The van der Waals surface area contributed by atoms with Gasteiger partial charge in [-0.1, -0.05) is 47.6 Å². The first kappa shape index (κ1) is 18.7. The van der Waals surface area contributed by atoms with Gasteiger partial charge >= 0.3 is 0 Å². The minimum atomic E-state index is -0.609. The molecule has 1 aliphatic heterocycles. The lowest BCUT2D eigenvalue weighted by Gasteiger charge is -2.30. The summed E-state index contributed by atoms with van der Waals surface area (Å²) in [6.45, 7) is 1.76. The second-order valence-corrected chi connectivity index (χ2v) is 7.78. The van der Waals surface area contributed by atoms with Gasteiger partial charge in [-0.15, -0.1) is 11.8 Å². The van der Waals surface area contributed by atoms with Gasteiger partial charge in [0, 0.05) is 17.0 Å². The van der Waals surface area contributed by atoms with Crippen LogP contribution in [-0.2, 0) is 4.79 Å². The largest absolute Gasteiger partial charge is 0.360 e. The van der Waals surface area contributed by atoms with E-state index in [4.69, 9.17) is 4.52 Å². The molecule has 0 radical (unpaired) electrons. The molecule has 2 atom stereocenters. The number of hydrogen-bond donors (Lipinski definition) is 2. The molecule has 2 N–H and O–H groups in total. The molecule has 4 rings (SSSR count). The van der Waals surface area contributed by atoms with E-state index >= 15 is 0 Å². The van der Waals surface area contributed by atoms with Crippen LogP contribution in [-0.4, -0.2) is 16.8 Å². The number of nitrogens with zero attached hydrogens (tertiary/aromatic N) is 1. The first-order chi connectivity index (χ1) is 13.6. The van der Waals surface area contributed by atoms with Crippen molar-refractivity contribution in [3.05, 3.63) is 77.3 Å². The molecule has 0 saturated heterocycles. The molecule has 2 unspecified atom stereocenters. The van der Waals surface area contributed by atoms with Crippen LogP contribution in [0.2, 0.25) is 0 Å². The molecule has 144 valence electrons. The molecule has 0 spiro atoms. The van der Waals surface area contributed by atoms with E-state index in [1.807, 2.05) is 36.4 Å². The van der Waals surface area contributed by atoms with Crippen LogP contribution in [0.25, 0.3) is 0 Å². The third kappa shape index (κ3) is 3.95. The Morgan fingerprint density at radius 1 is 1.25 bits per heavy atom. The monoisotopic (exact) mass is 397 g/mol. The Balaban J connectivity index is 1.62. The number of halogens is 1. The molecular formula is C21H20FN3O2S. The Bertz CT molecular complexity index is 977. The van der Waals surface area contributed by atoms with E-state index in [2.05, 4.69) is 15.8 Å². The molecule has 1 aliphatic rings. The first-order valence-electron chi connectivity index (χ1n) is 9.08. The fourth-order valence-corrected chi connectivity index (χ4v) is 4.49. The van der Waals surface area contributed by atoms with Crippen molar-refractivity contribution in [1.82, 2.24) is 10.5 Å². The van der Waals surface area contributed by atoms with Gasteiger partial charge in [0.05, 0.1) is 0 Å². The van der Waals surface area contributed by atoms with Gasteiger partial charge < -0.3 is 9.84 Å². The smallest absolute Gasteiger partial charge is 0.247 e. The topological polar surface area (TPSA) is 67.2 Å². The van der Waals surface area contributed by atoms with E-state index < -0.39 is 6.04 Å². The van der Waals surface area contributed by atoms with Gasteiger partial charge in [0.2, 0.25) is 5.91 Å². The van der Waals surface area contributed by atoms with Gasteiger partial charge in [0.1, 0.15) is 17.6 Å². The van der Waals surface area contributed by atoms with Crippen molar-refractivity contribution in [3.8, 4) is 0 Å². The normalized spacial score (nSPS) is 17.0. The van der Waals surface area contributed by atoms with E-state index in [9.17, 15) is 9.18 Å². The Labute approximate surface area is 166 Å². The molecule has 28 heavy (non-hydrogen) atoms.